The molecule has 150 valence electrons. The van der Waals surface area contributed by atoms with Crippen LogP contribution in [0.25, 0.3) is 0 Å². The first-order valence-electron chi connectivity index (χ1n) is 10.9. The lowest BCUT2D eigenvalue weighted by Crippen LogP contribution is -2.33. The molecule has 0 spiro atoms. The van der Waals surface area contributed by atoms with Crippen LogP contribution in [0.15, 0.2) is 0 Å². The summed E-state index contributed by atoms with van der Waals surface area (Å²) in [7, 11) is 4.16. The Hall–Kier alpha value is -0.570. The van der Waals surface area contributed by atoms with Gasteiger partial charge in [0.15, 0.2) is 0 Å². The number of carbonyl (C=O) groups excluding carboxylic acids is 1. The zero-order chi connectivity index (χ0) is 19.0. The van der Waals surface area contributed by atoms with E-state index in [1.54, 1.807) is 0 Å². The predicted octanol–water partition coefficient (Wildman–Crippen LogP) is 5.78. The highest BCUT2D eigenvalue weighted by molar-refractivity contribution is 5.76. The van der Waals surface area contributed by atoms with Crippen molar-refractivity contribution in [2.75, 3.05) is 27.2 Å². The third-order valence-electron chi connectivity index (χ3n) is 5.32. The van der Waals surface area contributed by atoms with Crippen LogP contribution in [-0.2, 0) is 4.79 Å². The fourth-order valence-corrected chi connectivity index (χ4v) is 3.70. The van der Waals surface area contributed by atoms with Crippen molar-refractivity contribution in [1.29, 1.82) is 0 Å². The summed E-state index contributed by atoms with van der Waals surface area (Å²) >= 11 is 0. The van der Waals surface area contributed by atoms with Gasteiger partial charge in [-0.1, -0.05) is 72.1 Å². The molecule has 0 heterocycles. The number of amides is 1. The lowest BCUT2D eigenvalue weighted by atomic mass is 9.71. The van der Waals surface area contributed by atoms with Crippen LogP contribution in [0.5, 0.6) is 0 Å². The van der Waals surface area contributed by atoms with Crippen molar-refractivity contribution in [1.82, 2.24) is 10.2 Å². The first-order chi connectivity index (χ1) is 12.0. The average molecular weight is 355 g/mol. The third kappa shape index (κ3) is 13.3. The second kappa shape index (κ2) is 15.7. The molecule has 0 radical (unpaired) electrons. The second-order valence-corrected chi connectivity index (χ2v) is 8.20. The van der Waals surface area contributed by atoms with Crippen molar-refractivity contribution in [3.05, 3.63) is 0 Å². The molecule has 0 bridgehead atoms. The topological polar surface area (TPSA) is 32.3 Å². The van der Waals surface area contributed by atoms with Crippen molar-refractivity contribution in [3.63, 3.8) is 0 Å². The van der Waals surface area contributed by atoms with E-state index in [0.717, 1.165) is 25.9 Å². The van der Waals surface area contributed by atoms with E-state index in [9.17, 15) is 4.79 Å². The van der Waals surface area contributed by atoms with Crippen LogP contribution < -0.4 is 5.32 Å². The third-order valence-corrected chi connectivity index (χ3v) is 5.32. The first kappa shape index (κ1) is 24.4. The Bertz CT molecular complexity index is 307. The molecule has 0 fully saturated rings. The maximum Gasteiger partial charge on any atom is 0.220 e. The highest BCUT2D eigenvalue weighted by atomic mass is 16.1. The van der Waals surface area contributed by atoms with Gasteiger partial charge in [0.25, 0.3) is 0 Å². The van der Waals surface area contributed by atoms with E-state index in [-0.39, 0.29) is 11.3 Å². The predicted molar refractivity (Wildman–Crippen MR) is 111 cm³/mol. The van der Waals surface area contributed by atoms with Gasteiger partial charge in [0.2, 0.25) is 5.91 Å². The normalized spacial score (nSPS) is 11.9. The molecule has 3 nitrogen and oxygen atoms in total. The van der Waals surface area contributed by atoms with Crippen LogP contribution in [-0.4, -0.2) is 38.0 Å². The van der Waals surface area contributed by atoms with Crippen LogP contribution >= 0.6 is 0 Å². The Morgan fingerprint density at radius 3 is 1.88 bits per heavy atom. The fourth-order valence-electron chi connectivity index (χ4n) is 3.70. The Morgan fingerprint density at radius 1 is 0.800 bits per heavy atom. The minimum absolute atomic E-state index is 0.241. The number of nitrogens with zero attached hydrogens (tertiary/aromatic N) is 1. The van der Waals surface area contributed by atoms with Crippen molar-refractivity contribution in [3.8, 4) is 0 Å². The van der Waals surface area contributed by atoms with Crippen molar-refractivity contribution in [2.45, 2.75) is 104 Å². The lowest BCUT2D eigenvalue weighted by molar-refractivity contribution is -0.124. The van der Waals surface area contributed by atoms with Crippen molar-refractivity contribution >= 4 is 5.91 Å². The van der Waals surface area contributed by atoms with Gasteiger partial charge in [-0.2, -0.15) is 0 Å². The van der Waals surface area contributed by atoms with Gasteiger partial charge in [0, 0.05) is 13.0 Å². The Balaban J connectivity index is 4.64. The summed E-state index contributed by atoms with van der Waals surface area (Å²) in [6.45, 7) is 8.65. The summed E-state index contributed by atoms with van der Waals surface area (Å²) in [6.07, 6.45) is 15.6. The number of hydrogen-bond donors (Lipinski definition) is 1. The molecule has 25 heavy (non-hydrogen) atoms. The molecule has 0 aliphatic carbocycles. The van der Waals surface area contributed by atoms with Crippen LogP contribution in [0.2, 0.25) is 0 Å². The van der Waals surface area contributed by atoms with Crippen LogP contribution in [0, 0.1) is 5.41 Å². The molecule has 0 rings (SSSR count). The van der Waals surface area contributed by atoms with Gasteiger partial charge in [0.05, 0.1) is 0 Å². The molecule has 0 aliphatic heterocycles. The van der Waals surface area contributed by atoms with Gasteiger partial charge in [-0.15, -0.1) is 0 Å². The van der Waals surface area contributed by atoms with Crippen molar-refractivity contribution < 1.29 is 4.79 Å². The fraction of sp³-hybridized carbons (Fsp3) is 0.955. The number of carbonyl (C=O) groups is 1. The number of unbranched alkanes of at least 4 members (excludes halogenated alkanes) is 5. The van der Waals surface area contributed by atoms with E-state index in [4.69, 9.17) is 0 Å². The standard InChI is InChI=1S/C22H46N2O/c1-6-9-12-13-17-22(15-10-7-2,16-11-8-3)20-21(25)23-18-14-19-24(4)5/h6-20H2,1-5H3,(H,23,25). The molecule has 0 unspecified atom stereocenters. The molecule has 0 aromatic heterocycles. The maximum atomic E-state index is 12.6. The number of rotatable bonds is 17. The van der Waals surface area contributed by atoms with E-state index in [1.165, 1.54) is 70.6 Å². The quantitative estimate of drug-likeness (QED) is 0.336. The molecular formula is C22H46N2O. The smallest absolute Gasteiger partial charge is 0.220 e. The summed E-state index contributed by atoms with van der Waals surface area (Å²) in [5.74, 6) is 0.279. The molecule has 0 aromatic carbocycles. The first-order valence-corrected chi connectivity index (χ1v) is 10.9. The Labute approximate surface area is 158 Å². The molecular weight excluding hydrogens is 308 g/mol. The zero-order valence-corrected chi connectivity index (χ0v) is 18.0. The van der Waals surface area contributed by atoms with Gasteiger partial charge in [-0.05, 0) is 51.7 Å². The summed E-state index contributed by atoms with van der Waals surface area (Å²) < 4.78 is 0. The van der Waals surface area contributed by atoms with Gasteiger partial charge in [-0.3, -0.25) is 4.79 Å². The van der Waals surface area contributed by atoms with E-state index in [0.29, 0.717) is 0 Å². The van der Waals surface area contributed by atoms with E-state index < -0.39 is 0 Å². The summed E-state index contributed by atoms with van der Waals surface area (Å²) in [5.41, 5.74) is 0.241. The van der Waals surface area contributed by atoms with E-state index >= 15 is 0 Å². The van der Waals surface area contributed by atoms with Crippen LogP contribution in [0.4, 0.5) is 0 Å². The van der Waals surface area contributed by atoms with E-state index in [2.05, 4.69) is 45.1 Å². The Kier molecular flexibility index (Phi) is 15.3. The van der Waals surface area contributed by atoms with Crippen LogP contribution in [0.1, 0.15) is 104 Å². The molecule has 1 amide bonds. The molecule has 3 heteroatoms. The molecule has 0 saturated heterocycles. The largest absolute Gasteiger partial charge is 0.356 e. The van der Waals surface area contributed by atoms with Gasteiger partial charge >= 0.3 is 0 Å². The SMILES string of the molecule is CCCCCCC(CCCC)(CCCC)CC(=O)NCCCN(C)C. The maximum absolute atomic E-state index is 12.6. The number of hydrogen-bond acceptors (Lipinski definition) is 2. The molecule has 1 N–H and O–H groups in total. The van der Waals surface area contributed by atoms with Gasteiger partial charge in [-0.25, -0.2) is 0 Å². The molecule has 0 saturated carbocycles. The van der Waals surface area contributed by atoms with Gasteiger partial charge < -0.3 is 10.2 Å². The van der Waals surface area contributed by atoms with Crippen molar-refractivity contribution in [2.24, 2.45) is 5.41 Å². The van der Waals surface area contributed by atoms with Gasteiger partial charge in [0.1, 0.15) is 0 Å². The molecule has 0 atom stereocenters. The second-order valence-electron chi connectivity index (χ2n) is 8.20. The average Bonchev–Trinajstić information content (AvgIpc) is 2.58. The molecule has 0 aromatic rings. The minimum atomic E-state index is 0.241. The Morgan fingerprint density at radius 2 is 1.36 bits per heavy atom. The zero-order valence-electron chi connectivity index (χ0n) is 18.0. The monoisotopic (exact) mass is 354 g/mol. The minimum Gasteiger partial charge on any atom is -0.356 e. The highest BCUT2D eigenvalue weighted by Crippen LogP contribution is 2.40. The molecule has 0 aliphatic rings. The summed E-state index contributed by atoms with van der Waals surface area (Å²) in [6, 6.07) is 0. The van der Waals surface area contributed by atoms with E-state index in [1.807, 2.05) is 0 Å². The highest BCUT2D eigenvalue weighted by Gasteiger charge is 2.31. The lowest BCUT2D eigenvalue weighted by Gasteiger charge is -2.34. The van der Waals surface area contributed by atoms with Crippen LogP contribution in [0.3, 0.4) is 0 Å². The number of nitrogens with one attached hydrogen (secondary N) is 1. The summed E-state index contributed by atoms with van der Waals surface area (Å²) in [5, 5.41) is 3.18. The summed E-state index contributed by atoms with van der Waals surface area (Å²) in [4.78, 5) is 14.8.